The van der Waals surface area contributed by atoms with Crippen LogP contribution in [0.2, 0.25) is 0 Å². The summed E-state index contributed by atoms with van der Waals surface area (Å²) in [6.45, 7) is 3.97. The molecule has 0 fully saturated rings. The quantitative estimate of drug-likeness (QED) is 0.850. The number of carbonyl (C=O) groups is 1. The molecule has 0 saturated carbocycles. The van der Waals surface area contributed by atoms with Gasteiger partial charge in [0.1, 0.15) is 0 Å². The number of alkyl halides is 1. The summed E-state index contributed by atoms with van der Waals surface area (Å²) >= 11 is 3.36. The predicted octanol–water partition coefficient (Wildman–Crippen LogP) is 1.77. The first-order valence-electron chi connectivity index (χ1n) is 4.70. The monoisotopic (exact) mass is 271 g/mol. The average molecular weight is 272 g/mol. The highest BCUT2D eigenvalue weighted by Crippen LogP contribution is 2.11. The Morgan fingerprint density at radius 1 is 1.53 bits per heavy atom. The second-order valence-corrected chi connectivity index (χ2v) is 4.70. The Morgan fingerprint density at radius 3 is 2.80 bits per heavy atom. The van der Waals surface area contributed by atoms with Crippen LogP contribution in [0.15, 0.2) is 18.5 Å². The van der Waals surface area contributed by atoms with E-state index in [-0.39, 0.29) is 11.4 Å². The Morgan fingerprint density at radius 2 is 2.27 bits per heavy atom. The fourth-order valence-corrected chi connectivity index (χ4v) is 2.09. The second-order valence-electron chi connectivity index (χ2n) is 3.91. The van der Waals surface area contributed by atoms with Crippen molar-refractivity contribution >= 4 is 21.8 Å². The van der Waals surface area contributed by atoms with E-state index >= 15 is 0 Å². The maximum atomic E-state index is 11.7. The van der Waals surface area contributed by atoms with Gasteiger partial charge in [-0.05, 0) is 26.3 Å². The summed E-state index contributed by atoms with van der Waals surface area (Å²) in [5.41, 5.74) is 0.316. The largest absolute Gasteiger partial charge is 0.347 e. The number of nitrogens with zero attached hydrogens (tertiary/aromatic N) is 2. The van der Waals surface area contributed by atoms with Crippen molar-refractivity contribution in [1.29, 1.82) is 0 Å². The summed E-state index contributed by atoms with van der Waals surface area (Å²) < 4.78 is 0. The molecule has 0 aliphatic rings. The number of nitrogens with one attached hydrogen (secondary N) is 1. The maximum absolute atomic E-state index is 11.7. The van der Waals surface area contributed by atoms with Crippen LogP contribution in [-0.4, -0.2) is 27.0 Å². The van der Waals surface area contributed by atoms with Crippen LogP contribution in [-0.2, 0) is 0 Å². The Kier molecular flexibility index (Phi) is 4.20. The zero-order chi connectivity index (χ0) is 11.3. The molecule has 0 spiro atoms. The van der Waals surface area contributed by atoms with E-state index in [1.807, 2.05) is 13.8 Å². The summed E-state index contributed by atoms with van der Waals surface area (Å²) in [6.07, 6.45) is 3.84. The molecule has 0 bridgehead atoms. The van der Waals surface area contributed by atoms with E-state index in [2.05, 4.69) is 31.4 Å². The van der Waals surface area contributed by atoms with Crippen molar-refractivity contribution in [2.45, 2.75) is 25.8 Å². The highest BCUT2D eigenvalue weighted by molar-refractivity contribution is 9.09. The van der Waals surface area contributed by atoms with Gasteiger partial charge >= 0.3 is 0 Å². The standard InChI is InChI=1S/C10H14BrN3O/c1-10(2,4-5-11)14-9(15)8-3-6-12-13-7-8/h3,6-7H,4-5H2,1-2H3,(H,14,15). The third kappa shape index (κ3) is 3.95. The topological polar surface area (TPSA) is 54.9 Å². The van der Waals surface area contributed by atoms with Gasteiger partial charge in [0.15, 0.2) is 0 Å². The molecule has 1 rings (SSSR count). The third-order valence-electron chi connectivity index (χ3n) is 2.02. The lowest BCUT2D eigenvalue weighted by Crippen LogP contribution is -2.43. The zero-order valence-corrected chi connectivity index (χ0v) is 10.4. The Labute approximate surface area is 97.6 Å². The van der Waals surface area contributed by atoms with E-state index in [1.54, 1.807) is 6.07 Å². The van der Waals surface area contributed by atoms with Crippen molar-refractivity contribution in [2.75, 3.05) is 5.33 Å². The van der Waals surface area contributed by atoms with Crippen molar-refractivity contribution in [3.05, 3.63) is 24.0 Å². The minimum Gasteiger partial charge on any atom is -0.347 e. The molecule has 0 saturated heterocycles. The van der Waals surface area contributed by atoms with Gasteiger partial charge in [0.25, 0.3) is 5.91 Å². The van der Waals surface area contributed by atoms with Crippen LogP contribution >= 0.6 is 15.9 Å². The SMILES string of the molecule is CC(C)(CCBr)NC(=O)c1ccnnc1. The Balaban J connectivity index is 2.64. The van der Waals surface area contributed by atoms with Gasteiger partial charge in [-0.25, -0.2) is 0 Å². The summed E-state index contributed by atoms with van der Waals surface area (Å²) in [7, 11) is 0. The van der Waals surface area contributed by atoms with E-state index in [4.69, 9.17) is 0 Å². The molecule has 0 aromatic carbocycles. The van der Waals surface area contributed by atoms with E-state index in [0.29, 0.717) is 5.56 Å². The molecular weight excluding hydrogens is 258 g/mol. The highest BCUT2D eigenvalue weighted by Gasteiger charge is 2.20. The van der Waals surface area contributed by atoms with Crippen LogP contribution in [0, 0.1) is 0 Å². The fourth-order valence-electron chi connectivity index (χ4n) is 1.10. The number of halogens is 1. The van der Waals surface area contributed by atoms with Gasteiger partial charge in [-0.3, -0.25) is 4.79 Å². The molecule has 0 radical (unpaired) electrons. The number of hydrogen-bond donors (Lipinski definition) is 1. The minimum absolute atomic E-state index is 0.115. The Hall–Kier alpha value is -0.970. The molecule has 1 aromatic heterocycles. The molecule has 5 heteroatoms. The average Bonchev–Trinajstić information content (AvgIpc) is 2.18. The second kappa shape index (κ2) is 5.21. The zero-order valence-electron chi connectivity index (χ0n) is 8.83. The molecule has 82 valence electrons. The van der Waals surface area contributed by atoms with E-state index in [1.165, 1.54) is 12.4 Å². The molecule has 0 unspecified atom stereocenters. The van der Waals surface area contributed by atoms with Gasteiger partial charge in [-0.15, -0.1) is 0 Å². The Bertz CT molecular complexity index is 327. The minimum atomic E-state index is -0.218. The summed E-state index contributed by atoms with van der Waals surface area (Å²) in [4.78, 5) is 11.7. The van der Waals surface area contributed by atoms with Crippen LogP contribution in [0.4, 0.5) is 0 Å². The number of amides is 1. The normalized spacial score (nSPS) is 11.1. The first-order valence-corrected chi connectivity index (χ1v) is 5.82. The van der Waals surface area contributed by atoms with Crippen molar-refractivity contribution in [1.82, 2.24) is 15.5 Å². The van der Waals surface area contributed by atoms with Crippen molar-refractivity contribution < 1.29 is 4.79 Å². The van der Waals surface area contributed by atoms with Gasteiger partial charge in [0, 0.05) is 10.9 Å². The van der Waals surface area contributed by atoms with Gasteiger partial charge in [-0.2, -0.15) is 10.2 Å². The molecule has 4 nitrogen and oxygen atoms in total. The maximum Gasteiger partial charge on any atom is 0.253 e. The van der Waals surface area contributed by atoms with Crippen LogP contribution in [0.25, 0.3) is 0 Å². The van der Waals surface area contributed by atoms with Crippen LogP contribution in [0.1, 0.15) is 30.6 Å². The molecular formula is C10H14BrN3O. The number of rotatable bonds is 4. The third-order valence-corrected chi connectivity index (χ3v) is 2.41. The van der Waals surface area contributed by atoms with Gasteiger partial charge in [0.05, 0.1) is 18.0 Å². The molecule has 1 amide bonds. The summed E-state index contributed by atoms with van der Waals surface area (Å²) in [5.74, 6) is -0.115. The van der Waals surface area contributed by atoms with Gasteiger partial charge in [0.2, 0.25) is 0 Å². The van der Waals surface area contributed by atoms with Gasteiger partial charge < -0.3 is 5.32 Å². The lowest BCUT2D eigenvalue weighted by Gasteiger charge is -2.25. The van der Waals surface area contributed by atoms with E-state index in [0.717, 1.165) is 11.8 Å². The van der Waals surface area contributed by atoms with Crippen LogP contribution in [0.3, 0.4) is 0 Å². The first-order chi connectivity index (χ1) is 7.05. The molecule has 0 atom stereocenters. The van der Waals surface area contributed by atoms with E-state index < -0.39 is 0 Å². The van der Waals surface area contributed by atoms with Crippen molar-refractivity contribution in [3.8, 4) is 0 Å². The molecule has 1 N–H and O–H groups in total. The number of hydrogen-bond acceptors (Lipinski definition) is 3. The smallest absolute Gasteiger partial charge is 0.253 e. The first kappa shape index (κ1) is 12.1. The molecule has 0 aliphatic heterocycles. The van der Waals surface area contributed by atoms with E-state index in [9.17, 15) is 4.79 Å². The summed E-state index contributed by atoms with van der Waals surface area (Å²) in [5, 5.41) is 11.1. The van der Waals surface area contributed by atoms with Crippen molar-refractivity contribution in [2.24, 2.45) is 0 Å². The predicted molar refractivity (Wildman–Crippen MR) is 62.0 cm³/mol. The summed E-state index contributed by atoms with van der Waals surface area (Å²) in [6, 6.07) is 1.65. The fraction of sp³-hybridized carbons (Fsp3) is 0.500. The van der Waals surface area contributed by atoms with Crippen LogP contribution < -0.4 is 5.32 Å². The molecule has 1 aromatic rings. The van der Waals surface area contributed by atoms with Crippen LogP contribution in [0.5, 0.6) is 0 Å². The van der Waals surface area contributed by atoms with Crippen molar-refractivity contribution in [3.63, 3.8) is 0 Å². The van der Waals surface area contributed by atoms with Gasteiger partial charge in [-0.1, -0.05) is 15.9 Å². The number of carbonyl (C=O) groups excluding carboxylic acids is 1. The molecule has 1 heterocycles. The molecule has 15 heavy (non-hydrogen) atoms. The lowest BCUT2D eigenvalue weighted by atomic mass is 10.0. The molecule has 0 aliphatic carbocycles. The number of aromatic nitrogens is 2. The highest BCUT2D eigenvalue weighted by atomic mass is 79.9. The lowest BCUT2D eigenvalue weighted by molar-refractivity contribution is 0.0911.